The third-order valence-electron chi connectivity index (χ3n) is 5.43. The Bertz CT molecular complexity index is 1180. The standard InChI is InChI=1S/C22H22N6O4S/c1-26(2)16-9-5-14(6-10-16)20-24-25-22(33-20)23-19(29)18-4-3-13-27(18)21(30)15-7-11-17(12-8-15)28(31)32/h5-12,18H,3-4,13H2,1-2H3,(H,23,25,29). The molecule has 1 aliphatic rings. The lowest BCUT2D eigenvalue weighted by atomic mass is 10.1. The molecule has 2 heterocycles. The van der Waals surface area contributed by atoms with E-state index in [1.165, 1.54) is 40.5 Å². The SMILES string of the molecule is CN(C)c1ccc(-c2nnc(NC(=O)C3CCCN3C(=O)c3ccc([N+](=O)[O-])cc3)s2)cc1. The summed E-state index contributed by atoms with van der Waals surface area (Å²) in [4.78, 5) is 39.6. The van der Waals surface area contributed by atoms with Gasteiger partial charge in [-0.05, 0) is 49.2 Å². The average molecular weight is 467 g/mol. The van der Waals surface area contributed by atoms with Crippen LogP contribution in [0.4, 0.5) is 16.5 Å². The van der Waals surface area contributed by atoms with Crippen molar-refractivity contribution in [3.63, 3.8) is 0 Å². The van der Waals surface area contributed by atoms with E-state index in [9.17, 15) is 19.7 Å². The van der Waals surface area contributed by atoms with Crippen molar-refractivity contribution in [2.45, 2.75) is 18.9 Å². The number of amides is 2. The zero-order valence-electron chi connectivity index (χ0n) is 18.1. The molecule has 1 unspecified atom stereocenters. The number of benzene rings is 2. The Morgan fingerprint density at radius 1 is 1.12 bits per heavy atom. The summed E-state index contributed by atoms with van der Waals surface area (Å²) in [6.07, 6.45) is 1.22. The summed E-state index contributed by atoms with van der Waals surface area (Å²) in [5.74, 6) is -0.657. The first-order valence-electron chi connectivity index (χ1n) is 10.3. The summed E-state index contributed by atoms with van der Waals surface area (Å²) >= 11 is 1.26. The Hall–Kier alpha value is -3.86. The van der Waals surface area contributed by atoms with Crippen molar-refractivity contribution in [3.05, 3.63) is 64.2 Å². The highest BCUT2D eigenvalue weighted by molar-refractivity contribution is 7.18. The quantitative estimate of drug-likeness (QED) is 0.436. The number of nitrogens with zero attached hydrogens (tertiary/aromatic N) is 5. The van der Waals surface area contributed by atoms with Crippen LogP contribution in [0.2, 0.25) is 0 Å². The zero-order valence-corrected chi connectivity index (χ0v) is 18.9. The van der Waals surface area contributed by atoms with Crippen molar-refractivity contribution in [1.29, 1.82) is 0 Å². The highest BCUT2D eigenvalue weighted by Gasteiger charge is 2.35. The minimum absolute atomic E-state index is 0.0920. The van der Waals surface area contributed by atoms with Crippen molar-refractivity contribution in [2.75, 3.05) is 30.9 Å². The van der Waals surface area contributed by atoms with E-state index in [0.717, 1.165) is 11.3 Å². The number of non-ortho nitro benzene ring substituents is 1. The van der Waals surface area contributed by atoms with Crippen molar-refractivity contribution in [3.8, 4) is 10.6 Å². The van der Waals surface area contributed by atoms with Crippen molar-refractivity contribution in [1.82, 2.24) is 15.1 Å². The van der Waals surface area contributed by atoms with E-state index in [4.69, 9.17) is 0 Å². The number of anilines is 2. The second-order valence-electron chi connectivity index (χ2n) is 7.80. The fraction of sp³-hybridized carbons (Fsp3) is 0.273. The van der Waals surface area contributed by atoms with Gasteiger partial charge in [-0.3, -0.25) is 25.0 Å². The highest BCUT2D eigenvalue weighted by atomic mass is 32.1. The maximum atomic E-state index is 12.9. The summed E-state index contributed by atoms with van der Waals surface area (Å²) < 4.78 is 0. The molecule has 2 amide bonds. The molecule has 1 aliphatic heterocycles. The van der Waals surface area contributed by atoms with E-state index < -0.39 is 11.0 Å². The van der Waals surface area contributed by atoms with E-state index in [0.29, 0.717) is 35.1 Å². The average Bonchev–Trinajstić information content (AvgIpc) is 3.48. The molecular formula is C22H22N6O4S. The first kappa shape index (κ1) is 22.3. The molecule has 0 saturated carbocycles. The Morgan fingerprint density at radius 3 is 2.45 bits per heavy atom. The number of hydrogen-bond donors (Lipinski definition) is 1. The summed E-state index contributed by atoms with van der Waals surface area (Å²) in [5.41, 5.74) is 2.18. The Kier molecular flexibility index (Phi) is 6.31. The number of carbonyl (C=O) groups excluding carboxylic acids is 2. The van der Waals surface area contributed by atoms with Gasteiger partial charge in [0, 0.05) is 49.6 Å². The Balaban J connectivity index is 1.43. The van der Waals surface area contributed by atoms with Crippen LogP contribution in [0.3, 0.4) is 0 Å². The van der Waals surface area contributed by atoms with E-state index in [1.54, 1.807) is 0 Å². The van der Waals surface area contributed by atoms with Gasteiger partial charge in [0.05, 0.1) is 4.92 Å². The lowest BCUT2D eigenvalue weighted by Crippen LogP contribution is -2.43. The number of likely N-dealkylation sites (tertiary alicyclic amines) is 1. The van der Waals surface area contributed by atoms with Crippen LogP contribution < -0.4 is 10.2 Å². The molecule has 11 heteroatoms. The largest absolute Gasteiger partial charge is 0.378 e. The molecular weight excluding hydrogens is 444 g/mol. The predicted molar refractivity (Wildman–Crippen MR) is 125 cm³/mol. The third kappa shape index (κ3) is 4.82. The lowest BCUT2D eigenvalue weighted by molar-refractivity contribution is -0.384. The molecule has 33 heavy (non-hydrogen) atoms. The fourth-order valence-electron chi connectivity index (χ4n) is 3.66. The topological polar surface area (TPSA) is 122 Å². The van der Waals surface area contributed by atoms with Gasteiger partial charge in [0.25, 0.3) is 11.6 Å². The summed E-state index contributed by atoms with van der Waals surface area (Å²) in [5, 5.41) is 22.9. The van der Waals surface area contributed by atoms with Crippen LogP contribution in [-0.2, 0) is 4.79 Å². The number of hydrogen-bond acceptors (Lipinski definition) is 8. The predicted octanol–water partition coefficient (Wildman–Crippen LogP) is 3.42. The molecule has 10 nitrogen and oxygen atoms in total. The molecule has 1 aromatic heterocycles. The maximum Gasteiger partial charge on any atom is 0.269 e. The summed E-state index contributed by atoms with van der Waals surface area (Å²) in [6.45, 7) is 0.438. The van der Waals surface area contributed by atoms with Crippen LogP contribution in [-0.4, -0.2) is 58.5 Å². The second-order valence-corrected chi connectivity index (χ2v) is 8.78. The van der Waals surface area contributed by atoms with Crippen molar-refractivity contribution in [2.24, 2.45) is 0 Å². The molecule has 1 N–H and O–H groups in total. The van der Waals surface area contributed by atoms with Gasteiger partial charge < -0.3 is 9.80 Å². The van der Waals surface area contributed by atoms with E-state index in [2.05, 4.69) is 15.5 Å². The van der Waals surface area contributed by atoms with E-state index in [-0.39, 0.29) is 17.5 Å². The molecule has 1 saturated heterocycles. The second kappa shape index (κ2) is 9.33. The van der Waals surface area contributed by atoms with Gasteiger partial charge in [-0.15, -0.1) is 10.2 Å². The maximum absolute atomic E-state index is 12.9. The molecule has 4 rings (SSSR count). The fourth-order valence-corrected chi connectivity index (χ4v) is 4.41. The van der Waals surface area contributed by atoms with Gasteiger partial charge in [-0.25, -0.2) is 0 Å². The zero-order chi connectivity index (χ0) is 23.5. The molecule has 0 radical (unpaired) electrons. The van der Waals surface area contributed by atoms with Gasteiger partial charge >= 0.3 is 0 Å². The van der Waals surface area contributed by atoms with Crippen LogP contribution >= 0.6 is 11.3 Å². The van der Waals surface area contributed by atoms with Crippen molar-refractivity contribution < 1.29 is 14.5 Å². The molecule has 170 valence electrons. The summed E-state index contributed by atoms with van der Waals surface area (Å²) in [6, 6.07) is 12.6. The van der Waals surface area contributed by atoms with Crippen LogP contribution in [0.5, 0.6) is 0 Å². The first-order chi connectivity index (χ1) is 15.8. The smallest absolute Gasteiger partial charge is 0.269 e. The number of nitro benzene ring substituents is 1. The minimum Gasteiger partial charge on any atom is -0.378 e. The highest BCUT2D eigenvalue weighted by Crippen LogP contribution is 2.29. The number of carbonyl (C=O) groups is 2. The molecule has 0 spiro atoms. The molecule has 2 aromatic carbocycles. The van der Waals surface area contributed by atoms with Crippen LogP contribution in [0.1, 0.15) is 23.2 Å². The van der Waals surface area contributed by atoms with Crippen LogP contribution in [0.15, 0.2) is 48.5 Å². The van der Waals surface area contributed by atoms with Gasteiger partial charge in [0.15, 0.2) is 0 Å². The van der Waals surface area contributed by atoms with E-state index in [1.807, 2.05) is 43.3 Å². The molecule has 3 aromatic rings. The van der Waals surface area contributed by atoms with Gasteiger partial charge in [-0.1, -0.05) is 11.3 Å². The minimum atomic E-state index is -0.639. The third-order valence-corrected chi connectivity index (χ3v) is 6.31. The molecule has 0 aliphatic carbocycles. The number of nitro groups is 1. The number of rotatable bonds is 6. The number of aromatic nitrogens is 2. The van der Waals surface area contributed by atoms with Gasteiger partial charge in [-0.2, -0.15) is 0 Å². The van der Waals surface area contributed by atoms with Gasteiger partial charge in [0.1, 0.15) is 11.0 Å². The Labute approximate surface area is 194 Å². The monoisotopic (exact) mass is 466 g/mol. The lowest BCUT2D eigenvalue weighted by Gasteiger charge is -2.23. The van der Waals surface area contributed by atoms with Crippen molar-refractivity contribution >= 4 is 39.7 Å². The van der Waals surface area contributed by atoms with Gasteiger partial charge in [0.2, 0.25) is 11.0 Å². The number of nitrogens with one attached hydrogen (secondary N) is 1. The normalized spacial score (nSPS) is 15.3. The van der Waals surface area contributed by atoms with E-state index >= 15 is 0 Å². The molecule has 1 atom stereocenters. The van der Waals surface area contributed by atoms with Crippen LogP contribution in [0.25, 0.3) is 10.6 Å². The molecule has 0 bridgehead atoms. The molecule has 1 fully saturated rings. The van der Waals surface area contributed by atoms with Crippen LogP contribution in [0, 0.1) is 10.1 Å². The summed E-state index contributed by atoms with van der Waals surface area (Å²) in [7, 11) is 3.93. The Morgan fingerprint density at radius 2 is 1.82 bits per heavy atom. The first-order valence-corrected chi connectivity index (χ1v) is 11.1.